The minimum atomic E-state index is 0.371. The van der Waals surface area contributed by atoms with E-state index in [0.29, 0.717) is 60.9 Å². The second kappa shape index (κ2) is 17.6. The molecule has 0 aliphatic rings. The van der Waals surface area contributed by atoms with E-state index in [0.717, 1.165) is 35.3 Å². The van der Waals surface area contributed by atoms with Gasteiger partial charge in [-0.1, -0.05) is 55.5 Å². The van der Waals surface area contributed by atoms with E-state index in [9.17, 15) is 0 Å². The lowest BCUT2D eigenvalue weighted by Crippen LogP contribution is -2.11. The summed E-state index contributed by atoms with van der Waals surface area (Å²) in [5.41, 5.74) is 3.97. The summed E-state index contributed by atoms with van der Waals surface area (Å²) in [7, 11) is 8.03. The van der Waals surface area contributed by atoms with Gasteiger partial charge in [-0.3, -0.25) is 0 Å². The first-order valence-corrected chi connectivity index (χ1v) is 13.9. The first-order valence-electron chi connectivity index (χ1n) is 13.9. The molecule has 0 bridgehead atoms. The molecule has 3 rings (SSSR count). The first-order chi connectivity index (χ1) is 20.6. The van der Waals surface area contributed by atoms with Crippen molar-refractivity contribution in [3.8, 4) is 34.5 Å². The summed E-state index contributed by atoms with van der Waals surface area (Å²) in [5, 5.41) is 0. The van der Waals surface area contributed by atoms with E-state index in [-0.39, 0.29) is 0 Å². The van der Waals surface area contributed by atoms with Gasteiger partial charge in [0.25, 0.3) is 0 Å². The third-order valence-electron chi connectivity index (χ3n) is 6.24. The highest BCUT2D eigenvalue weighted by Crippen LogP contribution is 2.40. The molecule has 0 heterocycles. The van der Waals surface area contributed by atoms with E-state index < -0.39 is 0 Å². The van der Waals surface area contributed by atoms with Crippen molar-refractivity contribution in [2.75, 3.05) is 68.6 Å². The van der Waals surface area contributed by atoms with Crippen LogP contribution in [0.4, 0.5) is 0 Å². The lowest BCUT2D eigenvalue weighted by Gasteiger charge is -2.15. The van der Waals surface area contributed by atoms with Gasteiger partial charge < -0.3 is 37.9 Å². The summed E-state index contributed by atoms with van der Waals surface area (Å²) < 4.78 is 44.4. The van der Waals surface area contributed by atoms with Crippen LogP contribution >= 0.6 is 0 Å². The number of ether oxygens (including phenoxy) is 8. The largest absolute Gasteiger partial charge is 0.493 e. The van der Waals surface area contributed by atoms with Crippen molar-refractivity contribution in [3.63, 3.8) is 0 Å². The van der Waals surface area contributed by atoms with Crippen molar-refractivity contribution >= 4 is 24.3 Å². The molecule has 0 radical (unpaired) electrons. The van der Waals surface area contributed by atoms with Crippen molar-refractivity contribution in [3.05, 3.63) is 70.8 Å². The zero-order valence-electron chi connectivity index (χ0n) is 25.4. The second-order valence-corrected chi connectivity index (χ2v) is 9.12. The molecule has 3 aromatic rings. The Morgan fingerprint density at radius 2 is 0.833 bits per heavy atom. The molecular formula is C34H42O8. The van der Waals surface area contributed by atoms with Gasteiger partial charge in [0, 0.05) is 6.61 Å². The van der Waals surface area contributed by atoms with Crippen LogP contribution in [0.2, 0.25) is 0 Å². The molecular weight excluding hydrogens is 536 g/mol. The molecule has 0 aromatic heterocycles. The van der Waals surface area contributed by atoms with E-state index in [1.807, 2.05) is 48.6 Å². The second-order valence-electron chi connectivity index (χ2n) is 9.12. The molecule has 8 heteroatoms. The maximum absolute atomic E-state index is 5.93. The summed E-state index contributed by atoms with van der Waals surface area (Å²) >= 11 is 0. The van der Waals surface area contributed by atoms with Gasteiger partial charge in [0.1, 0.15) is 6.61 Å². The lowest BCUT2D eigenvalue weighted by molar-refractivity contribution is 0.0360. The monoisotopic (exact) mass is 578 g/mol. The highest BCUT2D eigenvalue weighted by atomic mass is 16.6. The zero-order valence-corrected chi connectivity index (χ0v) is 25.4. The van der Waals surface area contributed by atoms with Gasteiger partial charge >= 0.3 is 0 Å². The maximum atomic E-state index is 5.93. The number of methoxy groups -OCH3 is 5. The molecule has 8 nitrogen and oxygen atoms in total. The Labute approximate surface area is 249 Å². The van der Waals surface area contributed by atoms with Crippen LogP contribution in [-0.4, -0.2) is 68.6 Å². The van der Waals surface area contributed by atoms with E-state index in [4.69, 9.17) is 37.9 Å². The smallest absolute Gasteiger partial charge is 0.203 e. The average Bonchev–Trinajstić information content (AvgIpc) is 3.03. The summed E-state index contributed by atoms with van der Waals surface area (Å²) in [4.78, 5) is 0. The summed E-state index contributed by atoms with van der Waals surface area (Å²) in [6.07, 6.45) is 9.08. The van der Waals surface area contributed by atoms with Crippen LogP contribution in [0.5, 0.6) is 34.5 Å². The Balaban J connectivity index is 1.64. The lowest BCUT2D eigenvalue weighted by atomic mass is 10.1. The number of rotatable bonds is 18. The van der Waals surface area contributed by atoms with E-state index in [1.54, 1.807) is 35.5 Å². The Hall–Kier alpha value is -4.14. The van der Waals surface area contributed by atoms with Gasteiger partial charge in [-0.15, -0.1) is 0 Å². The fourth-order valence-electron chi connectivity index (χ4n) is 4.11. The normalized spacial score (nSPS) is 11.2. The van der Waals surface area contributed by atoms with Gasteiger partial charge in [0.15, 0.2) is 23.0 Å². The fourth-order valence-corrected chi connectivity index (χ4v) is 4.11. The van der Waals surface area contributed by atoms with Gasteiger partial charge in [-0.05, 0) is 52.9 Å². The van der Waals surface area contributed by atoms with Crippen molar-refractivity contribution < 1.29 is 37.9 Å². The molecule has 226 valence electrons. The minimum absolute atomic E-state index is 0.371. The molecule has 0 unspecified atom stereocenters. The predicted molar refractivity (Wildman–Crippen MR) is 167 cm³/mol. The third-order valence-corrected chi connectivity index (χ3v) is 6.24. The Morgan fingerprint density at radius 3 is 1.24 bits per heavy atom. The maximum Gasteiger partial charge on any atom is 0.203 e. The van der Waals surface area contributed by atoms with Crippen LogP contribution in [0.15, 0.2) is 48.5 Å². The van der Waals surface area contributed by atoms with Crippen LogP contribution < -0.4 is 28.4 Å². The molecule has 0 fully saturated rings. The van der Waals surface area contributed by atoms with Crippen molar-refractivity contribution in [2.45, 2.75) is 13.3 Å². The molecule has 0 saturated heterocycles. The third kappa shape index (κ3) is 9.46. The van der Waals surface area contributed by atoms with Crippen LogP contribution in [0.25, 0.3) is 24.3 Å². The minimum Gasteiger partial charge on any atom is -0.493 e. The molecule has 3 aromatic carbocycles. The van der Waals surface area contributed by atoms with Crippen LogP contribution in [0, 0.1) is 0 Å². The van der Waals surface area contributed by atoms with Crippen molar-refractivity contribution in [1.82, 2.24) is 0 Å². The van der Waals surface area contributed by atoms with Crippen LogP contribution in [0.3, 0.4) is 0 Å². The summed E-state index contributed by atoms with van der Waals surface area (Å²) in [6, 6.07) is 15.9. The highest BCUT2D eigenvalue weighted by molar-refractivity contribution is 5.75. The Bertz CT molecular complexity index is 1250. The topological polar surface area (TPSA) is 73.8 Å². The molecule has 0 atom stereocenters. The molecule has 0 saturated carbocycles. The van der Waals surface area contributed by atoms with Gasteiger partial charge in [-0.2, -0.15) is 0 Å². The standard InChI is InChI=1S/C34H42O8/c1-7-16-40-17-18-41-19-20-42-34-31(37-4)23-28(24-32(34)38-5)15-13-26-10-8-25(9-11-26)12-14-27-21-29(35-2)33(39-6)30(22-27)36-3/h8-15,21-24H,7,16-20H2,1-6H3/b14-12+,15-13+. The van der Waals surface area contributed by atoms with Crippen molar-refractivity contribution in [1.29, 1.82) is 0 Å². The van der Waals surface area contributed by atoms with Crippen LogP contribution in [0.1, 0.15) is 35.6 Å². The predicted octanol–water partition coefficient (Wildman–Crippen LogP) is 6.89. The van der Waals surface area contributed by atoms with Gasteiger partial charge in [0.05, 0.1) is 55.4 Å². The molecule has 0 aliphatic carbocycles. The van der Waals surface area contributed by atoms with E-state index in [1.165, 1.54) is 0 Å². The molecule has 0 aliphatic heterocycles. The van der Waals surface area contributed by atoms with Crippen molar-refractivity contribution in [2.24, 2.45) is 0 Å². The quantitative estimate of drug-likeness (QED) is 0.119. The molecule has 0 amide bonds. The first kappa shape index (κ1) is 32.4. The Kier molecular flexibility index (Phi) is 13.6. The molecule has 0 spiro atoms. The highest BCUT2D eigenvalue weighted by Gasteiger charge is 2.14. The van der Waals surface area contributed by atoms with Gasteiger partial charge in [-0.25, -0.2) is 0 Å². The van der Waals surface area contributed by atoms with E-state index >= 15 is 0 Å². The van der Waals surface area contributed by atoms with Gasteiger partial charge in [0.2, 0.25) is 11.5 Å². The summed E-state index contributed by atoms with van der Waals surface area (Å²) in [6.45, 7) is 4.75. The molecule has 42 heavy (non-hydrogen) atoms. The average molecular weight is 579 g/mol. The molecule has 0 N–H and O–H groups in total. The zero-order chi connectivity index (χ0) is 30.2. The van der Waals surface area contributed by atoms with E-state index in [2.05, 4.69) is 31.2 Å². The Morgan fingerprint density at radius 1 is 0.452 bits per heavy atom. The SMILES string of the molecule is CCCOCCOCCOc1c(OC)cc(/C=C/c2ccc(/C=C/c3cc(OC)c(OC)c(OC)c3)cc2)cc1OC. The fraction of sp³-hybridized carbons (Fsp3) is 0.353. The van der Waals surface area contributed by atoms with Crippen LogP contribution in [-0.2, 0) is 9.47 Å². The number of benzene rings is 3. The number of hydrogen-bond donors (Lipinski definition) is 0. The summed E-state index contributed by atoms with van der Waals surface area (Å²) in [5.74, 6) is 3.52. The number of hydrogen-bond acceptors (Lipinski definition) is 8.